The molecular weight excluding hydrogens is 212 g/mol. The van der Waals surface area contributed by atoms with Crippen LogP contribution in [0.3, 0.4) is 0 Å². The minimum Gasteiger partial charge on any atom is -0.380 e. The standard InChI is InChI=1S/C14H30N2O/c1-4-17-12-11-16(3)10-9-15-14-7-5-13(2)6-8-14/h13-15H,4-12H2,1-3H3. The number of rotatable bonds is 8. The van der Waals surface area contributed by atoms with E-state index in [-0.39, 0.29) is 0 Å². The molecule has 0 radical (unpaired) electrons. The SMILES string of the molecule is CCOCCN(C)CCNC1CCC(C)CC1. The molecule has 1 aliphatic rings. The van der Waals surface area contributed by atoms with E-state index in [0.29, 0.717) is 0 Å². The minimum absolute atomic E-state index is 0.770. The zero-order chi connectivity index (χ0) is 12.5. The third-order valence-corrected chi connectivity index (χ3v) is 3.76. The van der Waals surface area contributed by atoms with Crippen molar-refractivity contribution in [1.82, 2.24) is 10.2 Å². The van der Waals surface area contributed by atoms with Gasteiger partial charge in [-0.05, 0) is 45.6 Å². The van der Waals surface area contributed by atoms with Crippen molar-refractivity contribution < 1.29 is 4.74 Å². The molecule has 0 aromatic rings. The number of likely N-dealkylation sites (N-methyl/N-ethyl adjacent to an activating group) is 1. The second kappa shape index (κ2) is 8.90. The van der Waals surface area contributed by atoms with Gasteiger partial charge in [0.1, 0.15) is 0 Å². The second-order valence-electron chi connectivity index (χ2n) is 5.41. The van der Waals surface area contributed by atoms with Gasteiger partial charge in [-0.3, -0.25) is 0 Å². The maximum Gasteiger partial charge on any atom is 0.0593 e. The number of nitrogens with zero attached hydrogens (tertiary/aromatic N) is 1. The Morgan fingerprint density at radius 2 is 1.88 bits per heavy atom. The Labute approximate surface area is 107 Å². The lowest BCUT2D eigenvalue weighted by Crippen LogP contribution is -2.38. The van der Waals surface area contributed by atoms with Crippen molar-refractivity contribution in [3.8, 4) is 0 Å². The van der Waals surface area contributed by atoms with E-state index >= 15 is 0 Å². The summed E-state index contributed by atoms with van der Waals surface area (Å²) in [5.74, 6) is 0.946. The third-order valence-electron chi connectivity index (χ3n) is 3.76. The van der Waals surface area contributed by atoms with Crippen LogP contribution in [0, 0.1) is 5.92 Å². The quantitative estimate of drug-likeness (QED) is 0.660. The summed E-state index contributed by atoms with van der Waals surface area (Å²) in [5, 5.41) is 3.68. The fourth-order valence-corrected chi connectivity index (χ4v) is 2.40. The molecule has 1 aliphatic carbocycles. The highest BCUT2D eigenvalue weighted by molar-refractivity contribution is 4.75. The van der Waals surface area contributed by atoms with Gasteiger partial charge in [-0.25, -0.2) is 0 Å². The van der Waals surface area contributed by atoms with Crippen LogP contribution in [0.5, 0.6) is 0 Å². The predicted octanol–water partition coefficient (Wildman–Crippen LogP) is 2.12. The average Bonchev–Trinajstić information content (AvgIpc) is 2.32. The molecule has 0 saturated heterocycles. The van der Waals surface area contributed by atoms with Crippen LogP contribution in [-0.4, -0.2) is 50.8 Å². The molecule has 0 spiro atoms. The van der Waals surface area contributed by atoms with Crippen LogP contribution in [-0.2, 0) is 4.74 Å². The monoisotopic (exact) mass is 242 g/mol. The second-order valence-corrected chi connectivity index (χ2v) is 5.41. The van der Waals surface area contributed by atoms with Gasteiger partial charge >= 0.3 is 0 Å². The van der Waals surface area contributed by atoms with Gasteiger partial charge in [-0.15, -0.1) is 0 Å². The molecule has 0 unspecified atom stereocenters. The lowest BCUT2D eigenvalue weighted by atomic mass is 9.87. The molecule has 0 atom stereocenters. The van der Waals surface area contributed by atoms with Gasteiger partial charge in [0.25, 0.3) is 0 Å². The van der Waals surface area contributed by atoms with Gasteiger partial charge in [0.2, 0.25) is 0 Å². The molecule has 1 fully saturated rings. The Balaban J connectivity index is 1.95. The van der Waals surface area contributed by atoms with E-state index < -0.39 is 0 Å². The van der Waals surface area contributed by atoms with E-state index in [1.165, 1.54) is 25.7 Å². The van der Waals surface area contributed by atoms with Crippen molar-refractivity contribution in [2.24, 2.45) is 5.92 Å². The molecule has 102 valence electrons. The molecule has 3 nitrogen and oxygen atoms in total. The molecule has 1 N–H and O–H groups in total. The first-order chi connectivity index (χ1) is 8.22. The fraction of sp³-hybridized carbons (Fsp3) is 1.00. The summed E-state index contributed by atoms with van der Waals surface area (Å²) in [5.41, 5.74) is 0. The highest BCUT2D eigenvalue weighted by Crippen LogP contribution is 2.23. The molecule has 1 rings (SSSR count). The summed E-state index contributed by atoms with van der Waals surface area (Å²) >= 11 is 0. The van der Waals surface area contributed by atoms with Gasteiger partial charge in [-0.1, -0.05) is 6.92 Å². The van der Waals surface area contributed by atoms with Crippen LogP contribution in [0.4, 0.5) is 0 Å². The Hall–Kier alpha value is -0.120. The molecule has 0 aromatic heterocycles. The maximum absolute atomic E-state index is 5.35. The van der Waals surface area contributed by atoms with E-state index in [0.717, 1.165) is 44.8 Å². The van der Waals surface area contributed by atoms with E-state index in [1.807, 2.05) is 6.92 Å². The number of hydrogen-bond acceptors (Lipinski definition) is 3. The Bertz CT molecular complexity index is 179. The highest BCUT2D eigenvalue weighted by atomic mass is 16.5. The normalized spacial score (nSPS) is 25.4. The fourth-order valence-electron chi connectivity index (χ4n) is 2.40. The Morgan fingerprint density at radius 1 is 1.18 bits per heavy atom. The van der Waals surface area contributed by atoms with Crippen molar-refractivity contribution in [3.05, 3.63) is 0 Å². The van der Waals surface area contributed by atoms with E-state index in [9.17, 15) is 0 Å². The lowest BCUT2D eigenvalue weighted by Gasteiger charge is -2.27. The summed E-state index contributed by atoms with van der Waals surface area (Å²) in [6.07, 6.45) is 5.53. The maximum atomic E-state index is 5.35. The molecule has 3 heteroatoms. The smallest absolute Gasteiger partial charge is 0.0593 e. The Morgan fingerprint density at radius 3 is 2.53 bits per heavy atom. The zero-order valence-electron chi connectivity index (χ0n) is 11.9. The molecule has 0 aromatic carbocycles. The Kier molecular flexibility index (Phi) is 7.82. The first-order valence-corrected chi connectivity index (χ1v) is 7.22. The molecule has 17 heavy (non-hydrogen) atoms. The molecular formula is C14H30N2O. The number of ether oxygens (including phenoxy) is 1. The molecule has 0 bridgehead atoms. The molecule has 1 saturated carbocycles. The van der Waals surface area contributed by atoms with Crippen molar-refractivity contribution in [3.63, 3.8) is 0 Å². The topological polar surface area (TPSA) is 24.5 Å². The first-order valence-electron chi connectivity index (χ1n) is 7.22. The van der Waals surface area contributed by atoms with Gasteiger partial charge in [0, 0.05) is 32.3 Å². The molecule has 0 amide bonds. The minimum atomic E-state index is 0.770. The predicted molar refractivity (Wildman–Crippen MR) is 73.4 cm³/mol. The summed E-state index contributed by atoms with van der Waals surface area (Å²) < 4.78 is 5.35. The molecule has 0 heterocycles. The van der Waals surface area contributed by atoms with Crippen molar-refractivity contribution in [2.75, 3.05) is 39.9 Å². The number of nitrogens with one attached hydrogen (secondary N) is 1. The summed E-state index contributed by atoms with van der Waals surface area (Å²) in [7, 11) is 2.17. The van der Waals surface area contributed by atoms with Gasteiger partial charge in [-0.2, -0.15) is 0 Å². The largest absolute Gasteiger partial charge is 0.380 e. The lowest BCUT2D eigenvalue weighted by molar-refractivity contribution is 0.122. The van der Waals surface area contributed by atoms with E-state index in [4.69, 9.17) is 4.74 Å². The summed E-state index contributed by atoms with van der Waals surface area (Å²) in [6.45, 7) is 9.38. The van der Waals surface area contributed by atoms with Gasteiger partial charge in [0.15, 0.2) is 0 Å². The highest BCUT2D eigenvalue weighted by Gasteiger charge is 2.17. The van der Waals surface area contributed by atoms with E-state index in [1.54, 1.807) is 0 Å². The van der Waals surface area contributed by atoms with Crippen LogP contribution < -0.4 is 5.32 Å². The summed E-state index contributed by atoms with van der Waals surface area (Å²) in [6, 6.07) is 0.770. The van der Waals surface area contributed by atoms with Crippen molar-refractivity contribution in [2.45, 2.75) is 45.6 Å². The number of hydrogen-bond donors (Lipinski definition) is 1. The summed E-state index contributed by atoms with van der Waals surface area (Å²) in [4.78, 5) is 2.34. The zero-order valence-corrected chi connectivity index (χ0v) is 11.9. The van der Waals surface area contributed by atoms with E-state index in [2.05, 4.69) is 24.2 Å². The van der Waals surface area contributed by atoms with Crippen LogP contribution in [0.1, 0.15) is 39.5 Å². The van der Waals surface area contributed by atoms with Gasteiger partial charge < -0.3 is 15.0 Å². The van der Waals surface area contributed by atoms with Crippen molar-refractivity contribution in [1.29, 1.82) is 0 Å². The third kappa shape index (κ3) is 7.02. The van der Waals surface area contributed by atoms with Crippen LogP contribution >= 0.6 is 0 Å². The van der Waals surface area contributed by atoms with Crippen LogP contribution in [0.15, 0.2) is 0 Å². The average molecular weight is 242 g/mol. The van der Waals surface area contributed by atoms with Crippen LogP contribution in [0.2, 0.25) is 0 Å². The van der Waals surface area contributed by atoms with Crippen LogP contribution in [0.25, 0.3) is 0 Å². The van der Waals surface area contributed by atoms with Crippen molar-refractivity contribution >= 4 is 0 Å². The molecule has 0 aliphatic heterocycles. The van der Waals surface area contributed by atoms with Gasteiger partial charge in [0.05, 0.1) is 6.61 Å². The first kappa shape index (κ1) is 14.9.